The number of hydrazone groups is 1. The van der Waals surface area contributed by atoms with E-state index in [1.807, 2.05) is 13.8 Å². The zero-order chi connectivity index (χ0) is 7.98. The second kappa shape index (κ2) is 4.97. The third-order valence-corrected chi connectivity index (χ3v) is 1.20. The van der Waals surface area contributed by atoms with E-state index in [-0.39, 0.29) is 5.91 Å². The zero-order valence-corrected chi connectivity index (χ0v) is 6.77. The van der Waals surface area contributed by atoms with Gasteiger partial charge in [-0.2, -0.15) is 5.10 Å². The zero-order valence-electron chi connectivity index (χ0n) is 6.77. The maximum absolute atomic E-state index is 10.6. The highest BCUT2D eigenvalue weighted by Gasteiger charge is 1.91. The van der Waals surface area contributed by atoms with Crippen LogP contribution in [0.4, 0.5) is 0 Å². The average Bonchev–Trinajstić information content (AvgIpc) is 1.99. The van der Waals surface area contributed by atoms with Crippen molar-refractivity contribution in [3.63, 3.8) is 0 Å². The Morgan fingerprint density at radius 3 is 2.40 bits per heavy atom. The largest absolute Gasteiger partial charge is 0.273 e. The predicted molar refractivity (Wildman–Crippen MR) is 41.8 cm³/mol. The van der Waals surface area contributed by atoms with E-state index in [0.717, 1.165) is 12.1 Å². The fourth-order valence-electron chi connectivity index (χ4n) is 0.316. The molecule has 0 atom stereocenters. The molecule has 10 heavy (non-hydrogen) atoms. The number of carbonyl (C=O) groups is 1. The van der Waals surface area contributed by atoms with Crippen molar-refractivity contribution in [1.82, 2.24) is 5.43 Å². The average molecular weight is 142 g/mol. The minimum absolute atomic E-state index is 0.0344. The van der Waals surface area contributed by atoms with Crippen LogP contribution in [0.3, 0.4) is 0 Å². The summed E-state index contributed by atoms with van der Waals surface area (Å²) >= 11 is 0. The molecule has 0 unspecified atom stereocenters. The Morgan fingerprint density at radius 2 is 2.00 bits per heavy atom. The lowest BCUT2D eigenvalue weighted by molar-refractivity contribution is -0.120. The molecule has 58 valence electrons. The third-order valence-electron chi connectivity index (χ3n) is 1.20. The predicted octanol–water partition coefficient (Wildman–Crippen LogP) is 1.30. The molecular weight excluding hydrogens is 128 g/mol. The number of nitrogens with one attached hydrogen (secondary N) is 1. The summed E-state index contributed by atoms with van der Waals surface area (Å²) in [5, 5.41) is 3.83. The lowest BCUT2D eigenvalue weighted by atomic mass is 10.3. The van der Waals surface area contributed by atoms with Gasteiger partial charge < -0.3 is 0 Å². The second-order valence-electron chi connectivity index (χ2n) is 2.09. The molecule has 0 heterocycles. The van der Waals surface area contributed by atoms with Crippen molar-refractivity contribution in [2.24, 2.45) is 5.10 Å². The summed E-state index contributed by atoms with van der Waals surface area (Å²) in [4.78, 5) is 10.6. The Hall–Kier alpha value is -0.860. The maximum Gasteiger partial charge on any atom is 0.239 e. The van der Waals surface area contributed by atoms with Gasteiger partial charge in [0.1, 0.15) is 0 Å². The first kappa shape index (κ1) is 9.14. The summed E-state index contributed by atoms with van der Waals surface area (Å²) in [7, 11) is 0. The number of hydrogen-bond acceptors (Lipinski definition) is 2. The van der Waals surface area contributed by atoms with Gasteiger partial charge in [-0.3, -0.25) is 4.79 Å². The van der Waals surface area contributed by atoms with Crippen molar-refractivity contribution in [3.05, 3.63) is 0 Å². The lowest BCUT2D eigenvalue weighted by Gasteiger charge is -1.96. The minimum atomic E-state index is -0.0344. The van der Waals surface area contributed by atoms with E-state index in [2.05, 4.69) is 10.5 Å². The highest BCUT2D eigenvalue weighted by molar-refractivity contribution is 5.83. The van der Waals surface area contributed by atoms with Gasteiger partial charge in [0.25, 0.3) is 0 Å². The molecule has 0 saturated carbocycles. The summed E-state index contributed by atoms with van der Waals surface area (Å²) in [5.41, 5.74) is 3.38. The fraction of sp³-hybridized carbons (Fsp3) is 0.714. The number of nitrogens with zero attached hydrogens (tertiary/aromatic N) is 1. The molecule has 0 aromatic rings. The van der Waals surface area contributed by atoms with Gasteiger partial charge in [-0.25, -0.2) is 5.43 Å². The lowest BCUT2D eigenvalue weighted by Crippen LogP contribution is -2.17. The molecule has 0 fully saturated rings. The Morgan fingerprint density at radius 1 is 1.40 bits per heavy atom. The van der Waals surface area contributed by atoms with Crippen molar-refractivity contribution in [2.75, 3.05) is 0 Å². The van der Waals surface area contributed by atoms with E-state index in [4.69, 9.17) is 0 Å². The molecule has 0 bridgehead atoms. The molecule has 3 nitrogen and oxygen atoms in total. The van der Waals surface area contributed by atoms with Crippen LogP contribution in [0.1, 0.15) is 33.6 Å². The highest BCUT2D eigenvalue weighted by atomic mass is 16.2. The van der Waals surface area contributed by atoms with Crippen molar-refractivity contribution in [3.8, 4) is 0 Å². The van der Waals surface area contributed by atoms with E-state index in [0.29, 0.717) is 6.42 Å². The van der Waals surface area contributed by atoms with Crippen molar-refractivity contribution >= 4 is 11.6 Å². The normalized spacial score (nSPS) is 11.3. The van der Waals surface area contributed by atoms with Gasteiger partial charge in [0.05, 0.1) is 0 Å². The molecule has 0 aliphatic heterocycles. The van der Waals surface area contributed by atoms with Crippen LogP contribution in [0.25, 0.3) is 0 Å². The monoisotopic (exact) mass is 142 g/mol. The van der Waals surface area contributed by atoms with Gasteiger partial charge in [0, 0.05) is 12.1 Å². The quantitative estimate of drug-likeness (QED) is 0.468. The van der Waals surface area contributed by atoms with Crippen LogP contribution in [0.5, 0.6) is 0 Å². The molecule has 1 N–H and O–H groups in total. The standard InChI is InChI=1S/C7H14N2O/c1-4-6(3)8-9-7(10)5-2/h4-5H2,1-3H3,(H,9,10)/b8-6+. The summed E-state index contributed by atoms with van der Waals surface area (Å²) < 4.78 is 0. The van der Waals surface area contributed by atoms with Crippen molar-refractivity contribution < 1.29 is 4.79 Å². The molecule has 3 heteroatoms. The van der Waals surface area contributed by atoms with E-state index in [9.17, 15) is 4.79 Å². The molecule has 0 aliphatic rings. The Labute approximate surface area is 61.5 Å². The molecule has 0 aromatic carbocycles. The number of amides is 1. The van der Waals surface area contributed by atoms with Crippen LogP contribution in [0.15, 0.2) is 5.10 Å². The first-order valence-electron chi connectivity index (χ1n) is 3.52. The number of hydrogen-bond donors (Lipinski definition) is 1. The van der Waals surface area contributed by atoms with Crippen LogP contribution >= 0.6 is 0 Å². The number of rotatable bonds is 3. The number of carbonyl (C=O) groups excluding carboxylic acids is 1. The van der Waals surface area contributed by atoms with Gasteiger partial charge in [-0.05, 0) is 13.3 Å². The molecule has 0 radical (unpaired) electrons. The molecule has 1 amide bonds. The highest BCUT2D eigenvalue weighted by Crippen LogP contribution is 1.82. The van der Waals surface area contributed by atoms with Crippen LogP contribution in [0.2, 0.25) is 0 Å². The van der Waals surface area contributed by atoms with Crippen LogP contribution in [0, 0.1) is 0 Å². The molecule has 0 rings (SSSR count). The summed E-state index contributed by atoms with van der Waals surface area (Å²) in [6, 6.07) is 0. The Balaban J connectivity index is 3.61. The van der Waals surface area contributed by atoms with Gasteiger partial charge in [-0.15, -0.1) is 0 Å². The summed E-state index contributed by atoms with van der Waals surface area (Å²) in [5.74, 6) is -0.0344. The maximum atomic E-state index is 10.6. The van der Waals surface area contributed by atoms with Crippen molar-refractivity contribution in [1.29, 1.82) is 0 Å². The molecular formula is C7H14N2O. The Kier molecular flexibility index (Phi) is 4.54. The van der Waals surface area contributed by atoms with Gasteiger partial charge in [-0.1, -0.05) is 13.8 Å². The molecule has 0 saturated heterocycles. The summed E-state index contributed by atoms with van der Waals surface area (Å²) in [6.45, 7) is 5.68. The van der Waals surface area contributed by atoms with E-state index in [1.165, 1.54) is 0 Å². The van der Waals surface area contributed by atoms with Gasteiger partial charge in [0.15, 0.2) is 0 Å². The SMILES string of the molecule is CCC(=O)N/N=C(\C)CC. The van der Waals surface area contributed by atoms with Gasteiger partial charge in [0.2, 0.25) is 5.91 Å². The first-order chi connectivity index (χ1) is 4.70. The van der Waals surface area contributed by atoms with Crippen LogP contribution in [-0.2, 0) is 4.79 Å². The summed E-state index contributed by atoms with van der Waals surface area (Å²) in [6.07, 6.45) is 1.37. The third kappa shape index (κ3) is 4.06. The molecule has 0 aliphatic carbocycles. The second-order valence-corrected chi connectivity index (χ2v) is 2.09. The van der Waals surface area contributed by atoms with E-state index < -0.39 is 0 Å². The first-order valence-corrected chi connectivity index (χ1v) is 3.52. The minimum Gasteiger partial charge on any atom is -0.273 e. The van der Waals surface area contributed by atoms with E-state index in [1.54, 1.807) is 6.92 Å². The van der Waals surface area contributed by atoms with Gasteiger partial charge >= 0.3 is 0 Å². The molecule has 0 spiro atoms. The van der Waals surface area contributed by atoms with Crippen LogP contribution in [-0.4, -0.2) is 11.6 Å². The van der Waals surface area contributed by atoms with Crippen LogP contribution < -0.4 is 5.43 Å². The smallest absolute Gasteiger partial charge is 0.239 e. The van der Waals surface area contributed by atoms with E-state index >= 15 is 0 Å². The molecule has 0 aromatic heterocycles. The fourth-order valence-corrected chi connectivity index (χ4v) is 0.316. The topological polar surface area (TPSA) is 41.5 Å². The van der Waals surface area contributed by atoms with Crippen molar-refractivity contribution in [2.45, 2.75) is 33.6 Å². The Bertz CT molecular complexity index is 141.